The molecule has 4 nitrogen and oxygen atoms in total. The van der Waals surface area contributed by atoms with Crippen LogP contribution in [0.25, 0.3) is 0 Å². The van der Waals surface area contributed by atoms with Crippen molar-refractivity contribution >= 4 is 0 Å². The Bertz CT molecular complexity index is 356. The fraction of sp³-hybridized carbons (Fsp3) is 0.800. The Morgan fingerprint density at radius 1 is 1.37 bits per heavy atom. The van der Waals surface area contributed by atoms with Gasteiger partial charge >= 0.3 is 0 Å². The van der Waals surface area contributed by atoms with E-state index in [1.165, 1.54) is 31.4 Å². The van der Waals surface area contributed by atoms with Crippen molar-refractivity contribution in [3.8, 4) is 0 Å². The van der Waals surface area contributed by atoms with Gasteiger partial charge in [0.15, 0.2) is 0 Å². The lowest BCUT2D eigenvalue weighted by Gasteiger charge is -2.26. The summed E-state index contributed by atoms with van der Waals surface area (Å²) in [5.41, 5.74) is 1.29. The molecular weight excluding hydrogens is 238 g/mol. The van der Waals surface area contributed by atoms with Crippen LogP contribution in [0.5, 0.6) is 0 Å². The van der Waals surface area contributed by atoms with Crippen molar-refractivity contribution in [3.63, 3.8) is 0 Å². The fourth-order valence-electron chi connectivity index (χ4n) is 2.84. The predicted molar refractivity (Wildman–Crippen MR) is 76.9 cm³/mol. The number of hydrogen-bond donors (Lipinski definition) is 1. The Morgan fingerprint density at radius 3 is 2.89 bits per heavy atom. The number of ether oxygens (including phenoxy) is 1. The molecule has 1 heterocycles. The van der Waals surface area contributed by atoms with E-state index in [0.717, 1.165) is 38.1 Å². The third-order valence-electron chi connectivity index (χ3n) is 4.18. The van der Waals surface area contributed by atoms with Crippen LogP contribution in [-0.4, -0.2) is 29.8 Å². The lowest BCUT2D eigenvalue weighted by Crippen LogP contribution is -2.22. The lowest BCUT2D eigenvalue weighted by atomic mass is 9.83. The van der Waals surface area contributed by atoms with Gasteiger partial charge in [-0.3, -0.25) is 0 Å². The molecule has 0 aliphatic heterocycles. The highest BCUT2D eigenvalue weighted by molar-refractivity contribution is 4.98. The predicted octanol–water partition coefficient (Wildman–Crippen LogP) is 2.45. The van der Waals surface area contributed by atoms with Crippen LogP contribution in [0.2, 0.25) is 0 Å². The molecule has 0 unspecified atom stereocenters. The molecule has 0 atom stereocenters. The van der Waals surface area contributed by atoms with Crippen molar-refractivity contribution < 1.29 is 4.74 Å². The summed E-state index contributed by atoms with van der Waals surface area (Å²) < 4.78 is 7.36. The number of aromatic nitrogens is 2. The standard InChI is InChI=1S/C15H27N3O/c1-13-3-5-14(6-4-13)11-18-12-17-10-15(18)9-16-7-8-19-2/h10,12-14,16H,3-9,11H2,1-2H3. The molecule has 1 aliphatic rings. The van der Waals surface area contributed by atoms with E-state index in [-0.39, 0.29) is 0 Å². The summed E-state index contributed by atoms with van der Waals surface area (Å²) >= 11 is 0. The Morgan fingerprint density at radius 2 is 2.16 bits per heavy atom. The molecule has 1 aromatic rings. The molecule has 0 bridgehead atoms. The van der Waals surface area contributed by atoms with Crippen LogP contribution in [0.3, 0.4) is 0 Å². The van der Waals surface area contributed by atoms with Crippen molar-refractivity contribution in [2.24, 2.45) is 11.8 Å². The third-order valence-corrected chi connectivity index (χ3v) is 4.18. The van der Waals surface area contributed by atoms with E-state index < -0.39 is 0 Å². The van der Waals surface area contributed by atoms with Crippen LogP contribution < -0.4 is 5.32 Å². The van der Waals surface area contributed by atoms with E-state index in [0.29, 0.717) is 0 Å². The summed E-state index contributed by atoms with van der Waals surface area (Å²) in [6, 6.07) is 0. The summed E-state index contributed by atoms with van der Waals surface area (Å²) in [4.78, 5) is 4.29. The maximum atomic E-state index is 5.04. The first kappa shape index (κ1) is 14.5. The number of methoxy groups -OCH3 is 1. The Labute approximate surface area is 116 Å². The van der Waals surface area contributed by atoms with E-state index in [4.69, 9.17) is 4.74 Å². The monoisotopic (exact) mass is 265 g/mol. The van der Waals surface area contributed by atoms with Gasteiger partial charge in [0.05, 0.1) is 18.6 Å². The van der Waals surface area contributed by atoms with Crippen molar-refractivity contribution in [2.75, 3.05) is 20.3 Å². The molecule has 108 valence electrons. The molecule has 0 spiro atoms. The third kappa shape index (κ3) is 4.62. The van der Waals surface area contributed by atoms with Crippen molar-refractivity contribution in [3.05, 3.63) is 18.2 Å². The number of nitrogens with zero attached hydrogens (tertiary/aromatic N) is 2. The minimum atomic E-state index is 0.759. The Kier molecular flexibility index (Phi) is 5.86. The molecule has 1 aromatic heterocycles. The van der Waals surface area contributed by atoms with Gasteiger partial charge in [0.25, 0.3) is 0 Å². The van der Waals surface area contributed by atoms with Gasteiger partial charge in [-0.25, -0.2) is 4.98 Å². The van der Waals surface area contributed by atoms with Crippen LogP contribution >= 0.6 is 0 Å². The molecule has 2 rings (SSSR count). The van der Waals surface area contributed by atoms with Gasteiger partial charge in [-0.1, -0.05) is 19.8 Å². The van der Waals surface area contributed by atoms with Crippen molar-refractivity contribution in [2.45, 2.75) is 45.7 Å². The smallest absolute Gasteiger partial charge is 0.0948 e. The SMILES string of the molecule is COCCNCc1cncn1CC1CCC(C)CC1. The summed E-state index contributed by atoms with van der Waals surface area (Å²) in [5.74, 6) is 1.76. The minimum absolute atomic E-state index is 0.759. The van der Waals surface area contributed by atoms with Gasteiger partial charge in [-0.2, -0.15) is 0 Å². The first-order chi connectivity index (χ1) is 9.29. The van der Waals surface area contributed by atoms with Crippen LogP contribution in [-0.2, 0) is 17.8 Å². The molecule has 1 saturated carbocycles. The number of imidazole rings is 1. The quantitative estimate of drug-likeness (QED) is 0.770. The zero-order chi connectivity index (χ0) is 13.5. The van der Waals surface area contributed by atoms with Gasteiger partial charge in [0, 0.05) is 32.9 Å². The highest BCUT2D eigenvalue weighted by Crippen LogP contribution is 2.29. The normalized spacial score (nSPS) is 23.7. The molecule has 0 saturated heterocycles. The molecule has 1 fully saturated rings. The Hall–Kier alpha value is -0.870. The molecule has 0 amide bonds. The molecule has 4 heteroatoms. The van der Waals surface area contributed by atoms with Gasteiger partial charge in [-0.05, 0) is 24.7 Å². The van der Waals surface area contributed by atoms with Crippen LogP contribution in [0.1, 0.15) is 38.3 Å². The molecule has 0 aromatic carbocycles. The summed E-state index contributed by atoms with van der Waals surface area (Å²) in [7, 11) is 1.73. The number of rotatable bonds is 7. The maximum Gasteiger partial charge on any atom is 0.0948 e. The van der Waals surface area contributed by atoms with E-state index in [1.54, 1.807) is 7.11 Å². The molecule has 0 radical (unpaired) electrons. The summed E-state index contributed by atoms with van der Waals surface area (Å²) in [5, 5.41) is 3.39. The topological polar surface area (TPSA) is 39.1 Å². The molecule has 1 N–H and O–H groups in total. The van der Waals surface area contributed by atoms with Gasteiger partial charge in [0.1, 0.15) is 0 Å². The highest BCUT2D eigenvalue weighted by atomic mass is 16.5. The van der Waals surface area contributed by atoms with Crippen LogP contribution in [0.15, 0.2) is 12.5 Å². The molecule has 1 aliphatic carbocycles. The van der Waals surface area contributed by atoms with E-state index in [1.807, 2.05) is 12.5 Å². The maximum absolute atomic E-state index is 5.04. The van der Waals surface area contributed by atoms with E-state index >= 15 is 0 Å². The second-order valence-electron chi connectivity index (χ2n) is 5.83. The Balaban J connectivity index is 1.78. The van der Waals surface area contributed by atoms with Crippen LogP contribution in [0, 0.1) is 11.8 Å². The average molecular weight is 265 g/mol. The second-order valence-corrected chi connectivity index (χ2v) is 5.83. The molecule has 19 heavy (non-hydrogen) atoms. The fourth-order valence-corrected chi connectivity index (χ4v) is 2.84. The highest BCUT2D eigenvalue weighted by Gasteiger charge is 2.19. The second kappa shape index (κ2) is 7.65. The lowest BCUT2D eigenvalue weighted by molar-refractivity contribution is 0.198. The molecular formula is C15H27N3O. The number of nitrogens with one attached hydrogen (secondary N) is 1. The van der Waals surface area contributed by atoms with E-state index in [2.05, 4.69) is 21.8 Å². The number of hydrogen-bond acceptors (Lipinski definition) is 3. The van der Waals surface area contributed by atoms with Gasteiger partial charge < -0.3 is 14.6 Å². The average Bonchev–Trinajstić information content (AvgIpc) is 2.85. The van der Waals surface area contributed by atoms with Crippen molar-refractivity contribution in [1.82, 2.24) is 14.9 Å². The van der Waals surface area contributed by atoms with Crippen molar-refractivity contribution in [1.29, 1.82) is 0 Å². The largest absolute Gasteiger partial charge is 0.383 e. The summed E-state index contributed by atoms with van der Waals surface area (Å²) in [6.45, 7) is 6.04. The summed E-state index contributed by atoms with van der Waals surface area (Å²) in [6.07, 6.45) is 9.48. The van der Waals surface area contributed by atoms with Gasteiger partial charge in [0.2, 0.25) is 0 Å². The first-order valence-corrected chi connectivity index (χ1v) is 7.48. The zero-order valence-corrected chi connectivity index (χ0v) is 12.3. The zero-order valence-electron chi connectivity index (χ0n) is 12.3. The van der Waals surface area contributed by atoms with Gasteiger partial charge in [-0.15, -0.1) is 0 Å². The minimum Gasteiger partial charge on any atom is -0.383 e. The van der Waals surface area contributed by atoms with E-state index in [9.17, 15) is 0 Å². The van der Waals surface area contributed by atoms with Crippen LogP contribution in [0.4, 0.5) is 0 Å². The first-order valence-electron chi connectivity index (χ1n) is 7.48.